The van der Waals surface area contributed by atoms with Crippen LogP contribution in [0.25, 0.3) is 22.3 Å². The molecule has 0 radical (unpaired) electrons. The number of amides is 2. The molecule has 280 valence electrons. The third-order valence-electron chi connectivity index (χ3n) is 11.8. The Bertz CT molecular complexity index is 1810. The van der Waals surface area contributed by atoms with E-state index < -0.39 is 36.0 Å². The fourth-order valence-electron chi connectivity index (χ4n) is 8.82. The molecule has 2 aliphatic carbocycles. The maximum Gasteiger partial charge on any atom is 0.410 e. The van der Waals surface area contributed by atoms with E-state index in [1.165, 1.54) is 44.5 Å². The average Bonchev–Trinajstić information content (AvgIpc) is 3.68. The first kappa shape index (κ1) is 36.7. The van der Waals surface area contributed by atoms with Gasteiger partial charge in [-0.2, -0.15) is 0 Å². The van der Waals surface area contributed by atoms with E-state index >= 15 is 0 Å². The summed E-state index contributed by atoms with van der Waals surface area (Å²) in [5, 5.41) is 18.7. The second kappa shape index (κ2) is 15.8. The highest BCUT2D eigenvalue weighted by Crippen LogP contribution is 2.46. The molecular weight excluding hydrogens is 684 g/mol. The van der Waals surface area contributed by atoms with Gasteiger partial charge in [-0.15, -0.1) is 0 Å². The Labute approximate surface area is 315 Å². The van der Waals surface area contributed by atoms with Crippen LogP contribution in [-0.2, 0) is 19.1 Å². The van der Waals surface area contributed by atoms with Crippen molar-refractivity contribution in [3.63, 3.8) is 0 Å². The Kier molecular flexibility index (Phi) is 10.7. The number of carbonyl (C=O) groups is 4. The first-order valence-electron chi connectivity index (χ1n) is 18.8. The van der Waals surface area contributed by atoms with Gasteiger partial charge in [0, 0.05) is 37.0 Å². The van der Waals surface area contributed by atoms with Gasteiger partial charge in [0.05, 0.1) is 11.8 Å². The lowest BCUT2D eigenvalue weighted by molar-refractivity contribution is -0.146. The minimum atomic E-state index is -0.848. The zero-order valence-electron chi connectivity index (χ0n) is 30.6. The highest BCUT2D eigenvalue weighted by atomic mass is 16.6. The number of piperidine rings is 2. The maximum absolute atomic E-state index is 12.7. The standard InChI is InChI=1S/2C22H23NO4/c2*1-14-15(21(24)25)11-6-12-23(14)22(26)27-13-20-18-9-4-2-7-16(18)17-8-3-5-10-19(17)20/h2*2-5,7-10,14-15,20H,6,11-13H2,1H3,(H,24,25)/t2*14-,15-/m10/s1. The van der Waals surface area contributed by atoms with Crippen molar-refractivity contribution in [3.8, 4) is 22.3 Å². The predicted molar refractivity (Wildman–Crippen MR) is 203 cm³/mol. The normalized spacial score (nSPS) is 21.4. The van der Waals surface area contributed by atoms with Crippen LogP contribution in [0.3, 0.4) is 0 Å². The molecule has 2 amide bonds. The number of hydrogen-bond acceptors (Lipinski definition) is 6. The second-order valence-corrected chi connectivity index (χ2v) is 14.6. The fourth-order valence-corrected chi connectivity index (χ4v) is 8.82. The second-order valence-electron chi connectivity index (χ2n) is 14.6. The van der Waals surface area contributed by atoms with Crippen molar-refractivity contribution in [1.29, 1.82) is 0 Å². The van der Waals surface area contributed by atoms with Gasteiger partial charge in [0.2, 0.25) is 0 Å². The Morgan fingerprint density at radius 2 is 0.833 bits per heavy atom. The predicted octanol–water partition coefficient (Wildman–Crippen LogP) is 8.24. The molecule has 0 unspecified atom stereocenters. The van der Waals surface area contributed by atoms with Crippen LogP contribution in [-0.4, -0.2) is 82.5 Å². The van der Waals surface area contributed by atoms with Gasteiger partial charge in [-0.1, -0.05) is 97.1 Å². The Balaban J connectivity index is 0.000000167. The van der Waals surface area contributed by atoms with Gasteiger partial charge in [0.25, 0.3) is 0 Å². The zero-order valence-corrected chi connectivity index (χ0v) is 30.6. The van der Waals surface area contributed by atoms with E-state index in [2.05, 4.69) is 48.5 Å². The molecule has 4 aromatic carbocycles. The summed E-state index contributed by atoms with van der Waals surface area (Å²) in [4.78, 5) is 51.3. The number of ether oxygens (including phenoxy) is 2. The van der Waals surface area contributed by atoms with Crippen LogP contribution < -0.4 is 0 Å². The van der Waals surface area contributed by atoms with Crippen LogP contribution in [0, 0.1) is 11.8 Å². The van der Waals surface area contributed by atoms with Crippen LogP contribution in [0.15, 0.2) is 97.1 Å². The number of likely N-dealkylation sites (tertiary alicyclic amines) is 2. The van der Waals surface area contributed by atoms with E-state index in [4.69, 9.17) is 9.47 Å². The van der Waals surface area contributed by atoms with Gasteiger partial charge in [-0.05, 0) is 84.0 Å². The van der Waals surface area contributed by atoms with E-state index in [9.17, 15) is 29.4 Å². The molecule has 10 heteroatoms. The Morgan fingerprint density at radius 3 is 1.13 bits per heavy atom. The summed E-state index contributed by atoms with van der Waals surface area (Å²) in [7, 11) is 0. The summed E-state index contributed by atoms with van der Waals surface area (Å²) >= 11 is 0. The van der Waals surface area contributed by atoms with Crippen molar-refractivity contribution in [3.05, 3.63) is 119 Å². The van der Waals surface area contributed by atoms with E-state index in [-0.39, 0.29) is 37.1 Å². The lowest BCUT2D eigenvalue weighted by Gasteiger charge is -2.36. The topological polar surface area (TPSA) is 134 Å². The molecule has 0 bridgehead atoms. The van der Waals surface area contributed by atoms with Crippen molar-refractivity contribution in [2.24, 2.45) is 11.8 Å². The molecular formula is C44H46N2O8. The van der Waals surface area contributed by atoms with Gasteiger partial charge < -0.3 is 29.5 Å². The van der Waals surface area contributed by atoms with Crippen molar-refractivity contribution in [2.45, 2.75) is 63.5 Å². The highest BCUT2D eigenvalue weighted by molar-refractivity contribution is 5.80. The van der Waals surface area contributed by atoms with Crippen LogP contribution in [0.5, 0.6) is 0 Å². The summed E-state index contributed by atoms with van der Waals surface area (Å²) in [5.41, 5.74) is 9.42. The van der Waals surface area contributed by atoms with E-state index in [0.29, 0.717) is 38.8 Å². The van der Waals surface area contributed by atoms with E-state index in [1.807, 2.05) is 48.5 Å². The van der Waals surface area contributed by atoms with Gasteiger partial charge in [0.1, 0.15) is 13.2 Å². The van der Waals surface area contributed by atoms with Gasteiger partial charge in [0.15, 0.2) is 0 Å². The lowest BCUT2D eigenvalue weighted by atomic mass is 9.91. The first-order chi connectivity index (χ1) is 26.2. The smallest absolute Gasteiger partial charge is 0.410 e. The number of carbonyl (C=O) groups excluding carboxylic acids is 2. The molecule has 0 saturated carbocycles. The van der Waals surface area contributed by atoms with Crippen molar-refractivity contribution >= 4 is 24.1 Å². The number of hydrogen-bond donors (Lipinski definition) is 2. The number of carboxylic acids is 2. The van der Waals surface area contributed by atoms with Crippen LogP contribution in [0.4, 0.5) is 9.59 Å². The summed E-state index contributed by atoms with van der Waals surface area (Å²) in [6.07, 6.45) is 1.73. The molecule has 0 aromatic heterocycles. The summed E-state index contributed by atoms with van der Waals surface area (Å²) in [6, 6.07) is 32.1. The third kappa shape index (κ3) is 7.05. The summed E-state index contributed by atoms with van der Waals surface area (Å²) < 4.78 is 11.3. The molecule has 2 fully saturated rings. The maximum atomic E-state index is 12.7. The fraction of sp³-hybridized carbons (Fsp3) is 0.364. The monoisotopic (exact) mass is 730 g/mol. The molecule has 2 heterocycles. The Morgan fingerprint density at radius 1 is 0.537 bits per heavy atom. The molecule has 4 atom stereocenters. The number of nitrogens with zero attached hydrogens (tertiary/aromatic N) is 2. The van der Waals surface area contributed by atoms with Crippen LogP contribution in [0.2, 0.25) is 0 Å². The SMILES string of the molecule is C[C@@H]1[C@H](C(=O)O)CCCN1C(=O)OCC1c2ccccc2-c2ccccc21.C[C@H]1[C@@H](C(=O)O)CCCN1C(=O)OCC1c2ccccc2-c2ccccc21. The van der Waals surface area contributed by atoms with E-state index in [1.54, 1.807) is 23.6 Å². The molecule has 2 aliphatic heterocycles. The van der Waals surface area contributed by atoms with E-state index in [0.717, 1.165) is 0 Å². The van der Waals surface area contributed by atoms with Crippen molar-refractivity contribution < 1.29 is 38.9 Å². The zero-order chi connectivity index (χ0) is 37.9. The first-order valence-corrected chi connectivity index (χ1v) is 18.8. The molecule has 2 N–H and O–H groups in total. The molecule has 10 nitrogen and oxygen atoms in total. The number of carboxylic acid groups (broad SMARTS) is 2. The van der Waals surface area contributed by atoms with Gasteiger partial charge in [-0.3, -0.25) is 9.59 Å². The van der Waals surface area contributed by atoms with Gasteiger partial charge >= 0.3 is 24.1 Å². The molecule has 4 aliphatic rings. The molecule has 54 heavy (non-hydrogen) atoms. The minimum absolute atomic E-state index is 0.0108. The van der Waals surface area contributed by atoms with Crippen LogP contribution >= 0.6 is 0 Å². The van der Waals surface area contributed by atoms with Crippen molar-refractivity contribution in [1.82, 2.24) is 9.80 Å². The summed E-state index contributed by atoms with van der Waals surface area (Å²) in [6.45, 7) is 5.18. The van der Waals surface area contributed by atoms with Crippen LogP contribution in [0.1, 0.15) is 73.6 Å². The number of rotatable bonds is 6. The number of aliphatic carboxylic acids is 2. The number of fused-ring (bicyclic) bond motifs is 6. The van der Waals surface area contributed by atoms with Crippen molar-refractivity contribution in [2.75, 3.05) is 26.3 Å². The minimum Gasteiger partial charge on any atom is -0.481 e. The molecule has 0 spiro atoms. The lowest BCUT2D eigenvalue weighted by Crippen LogP contribution is -2.49. The third-order valence-corrected chi connectivity index (χ3v) is 11.8. The largest absolute Gasteiger partial charge is 0.481 e. The Hall–Kier alpha value is -5.64. The quantitative estimate of drug-likeness (QED) is 0.203. The average molecular weight is 731 g/mol. The molecule has 8 rings (SSSR count). The van der Waals surface area contributed by atoms with Gasteiger partial charge in [-0.25, -0.2) is 9.59 Å². The highest BCUT2D eigenvalue weighted by Gasteiger charge is 2.38. The molecule has 4 aromatic rings. The molecule has 2 saturated heterocycles. The number of benzene rings is 4. The summed E-state index contributed by atoms with van der Waals surface area (Å²) in [5.74, 6) is -2.73.